The molecule has 0 aliphatic heterocycles. The number of aromatic nitrogens is 2. The third kappa shape index (κ3) is 3.61. The maximum Gasteiger partial charge on any atom is 0.123 e. The van der Waals surface area contributed by atoms with E-state index < -0.39 is 0 Å². The quantitative estimate of drug-likeness (QED) is 0.747. The van der Waals surface area contributed by atoms with Gasteiger partial charge in [-0.15, -0.1) is 0 Å². The number of H-pyrrole nitrogens is 1. The van der Waals surface area contributed by atoms with Gasteiger partial charge in [-0.3, -0.25) is 0 Å². The summed E-state index contributed by atoms with van der Waals surface area (Å²) in [7, 11) is 1.74. The smallest absolute Gasteiger partial charge is 0.123 e. The molecule has 1 aromatic heterocycles. The van der Waals surface area contributed by atoms with Crippen molar-refractivity contribution in [2.24, 2.45) is 5.92 Å². The standard InChI is InChI=1S/C12H23N3O/c1-5-10(12-13-6-7-14-12)15-11(8-16-4)9(2)3/h6-7,9-11,15H,5,8H2,1-4H3,(H,13,14). The molecule has 0 spiro atoms. The Labute approximate surface area is 97.8 Å². The highest BCUT2D eigenvalue weighted by Gasteiger charge is 2.19. The summed E-state index contributed by atoms with van der Waals surface area (Å²) in [5, 5.41) is 3.59. The molecule has 0 fully saturated rings. The number of imidazole rings is 1. The van der Waals surface area contributed by atoms with E-state index in [1.54, 1.807) is 13.3 Å². The molecule has 1 aromatic rings. The maximum absolute atomic E-state index is 5.23. The first-order valence-corrected chi connectivity index (χ1v) is 5.93. The minimum atomic E-state index is 0.276. The Kier molecular flexibility index (Phi) is 5.49. The van der Waals surface area contributed by atoms with Crippen LogP contribution in [0.3, 0.4) is 0 Å². The summed E-state index contributed by atoms with van der Waals surface area (Å²) in [6.45, 7) is 7.29. The summed E-state index contributed by atoms with van der Waals surface area (Å²) in [6.07, 6.45) is 4.67. The van der Waals surface area contributed by atoms with Gasteiger partial charge in [0.25, 0.3) is 0 Å². The number of nitrogens with one attached hydrogen (secondary N) is 2. The first-order valence-electron chi connectivity index (χ1n) is 5.93. The van der Waals surface area contributed by atoms with E-state index in [9.17, 15) is 0 Å². The fourth-order valence-corrected chi connectivity index (χ4v) is 1.73. The minimum Gasteiger partial charge on any atom is -0.383 e. The monoisotopic (exact) mass is 225 g/mol. The van der Waals surface area contributed by atoms with Crippen molar-refractivity contribution in [2.45, 2.75) is 39.3 Å². The molecule has 2 N–H and O–H groups in total. The van der Waals surface area contributed by atoms with Gasteiger partial charge >= 0.3 is 0 Å². The molecule has 2 atom stereocenters. The zero-order valence-corrected chi connectivity index (χ0v) is 10.7. The average molecular weight is 225 g/mol. The van der Waals surface area contributed by atoms with Crippen molar-refractivity contribution >= 4 is 0 Å². The van der Waals surface area contributed by atoms with Crippen LogP contribution in [0.2, 0.25) is 0 Å². The van der Waals surface area contributed by atoms with Crippen LogP contribution < -0.4 is 5.32 Å². The summed E-state index contributed by atoms with van der Waals surface area (Å²) < 4.78 is 5.23. The molecule has 16 heavy (non-hydrogen) atoms. The van der Waals surface area contributed by atoms with E-state index in [-0.39, 0.29) is 6.04 Å². The second kappa shape index (κ2) is 6.66. The maximum atomic E-state index is 5.23. The van der Waals surface area contributed by atoms with Crippen molar-refractivity contribution in [3.05, 3.63) is 18.2 Å². The Hall–Kier alpha value is -0.870. The van der Waals surface area contributed by atoms with E-state index in [0.29, 0.717) is 12.0 Å². The van der Waals surface area contributed by atoms with Gasteiger partial charge in [0.2, 0.25) is 0 Å². The molecule has 0 amide bonds. The molecule has 92 valence electrons. The highest BCUT2D eigenvalue weighted by Crippen LogP contribution is 2.15. The molecule has 0 bridgehead atoms. The Bertz CT molecular complexity index is 272. The number of methoxy groups -OCH3 is 1. The van der Waals surface area contributed by atoms with Crippen LogP contribution in [0, 0.1) is 5.92 Å². The molecule has 1 heterocycles. The normalized spacial score (nSPS) is 15.3. The van der Waals surface area contributed by atoms with E-state index in [2.05, 4.69) is 36.1 Å². The number of hydrogen-bond donors (Lipinski definition) is 2. The lowest BCUT2D eigenvalue weighted by atomic mass is 10.0. The zero-order chi connectivity index (χ0) is 12.0. The summed E-state index contributed by atoms with van der Waals surface area (Å²) in [5.74, 6) is 1.55. The van der Waals surface area contributed by atoms with E-state index in [1.165, 1.54) is 0 Å². The molecule has 0 aliphatic rings. The molecular formula is C12H23N3O. The van der Waals surface area contributed by atoms with Gasteiger partial charge in [0.15, 0.2) is 0 Å². The van der Waals surface area contributed by atoms with E-state index in [0.717, 1.165) is 18.9 Å². The molecule has 1 rings (SSSR count). The van der Waals surface area contributed by atoms with Gasteiger partial charge in [-0.25, -0.2) is 4.98 Å². The van der Waals surface area contributed by atoms with Crippen LogP contribution >= 0.6 is 0 Å². The van der Waals surface area contributed by atoms with Gasteiger partial charge in [-0.2, -0.15) is 0 Å². The minimum absolute atomic E-state index is 0.276. The predicted octanol–water partition coefficient (Wildman–Crippen LogP) is 2.12. The lowest BCUT2D eigenvalue weighted by Crippen LogP contribution is -2.40. The third-order valence-corrected chi connectivity index (χ3v) is 2.82. The number of ether oxygens (including phenoxy) is 1. The zero-order valence-electron chi connectivity index (χ0n) is 10.7. The molecule has 4 heteroatoms. The van der Waals surface area contributed by atoms with Gasteiger partial charge in [-0.1, -0.05) is 20.8 Å². The topological polar surface area (TPSA) is 49.9 Å². The Balaban J connectivity index is 2.60. The van der Waals surface area contributed by atoms with Gasteiger partial charge in [-0.05, 0) is 12.3 Å². The molecule has 0 radical (unpaired) electrons. The second-order valence-electron chi connectivity index (χ2n) is 4.41. The SMILES string of the molecule is CCC(NC(COC)C(C)C)c1ncc[nH]1. The van der Waals surface area contributed by atoms with Crippen molar-refractivity contribution in [1.82, 2.24) is 15.3 Å². The first-order chi connectivity index (χ1) is 7.69. The van der Waals surface area contributed by atoms with Crippen molar-refractivity contribution in [3.63, 3.8) is 0 Å². The fourth-order valence-electron chi connectivity index (χ4n) is 1.73. The Morgan fingerprint density at radius 2 is 2.25 bits per heavy atom. The largest absolute Gasteiger partial charge is 0.383 e. The molecule has 4 nitrogen and oxygen atoms in total. The number of rotatable bonds is 7. The summed E-state index contributed by atoms with van der Waals surface area (Å²) in [5.41, 5.74) is 0. The van der Waals surface area contributed by atoms with Crippen molar-refractivity contribution in [3.8, 4) is 0 Å². The lowest BCUT2D eigenvalue weighted by molar-refractivity contribution is 0.139. The highest BCUT2D eigenvalue weighted by molar-refractivity contribution is 4.96. The van der Waals surface area contributed by atoms with Crippen molar-refractivity contribution in [1.29, 1.82) is 0 Å². The molecule has 0 saturated heterocycles. The van der Waals surface area contributed by atoms with Crippen LogP contribution in [0.25, 0.3) is 0 Å². The van der Waals surface area contributed by atoms with E-state index in [1.807, 2.05) is 6.20 Å². The average Bonchev–Trinajstić information content (AvgIpc) is 2.77. The summed E-state index contributed by atoms with van der Waals surface area (Å²) >= 11 is 0. The highest BCUT2D eigenvalue weighted by atomic mass is 16.5. The van der Waals surface area contributed by atoms with Gasteiger partial charge in [0.1, 0.15) is 5.82 Å². The van der Waals surface area contributed by atoms with Crippen LogP contribution in [0.1, 0.15) is 39.1 Å². The first kappa shape index (κ1) is 13.2. The van der Waals surface area contributed by atoms with E-state index in [4.69, 9.17) is 4.74 Å². The van der Waals surface area contributed by atoms with Crippen molar-refractivity contribution < 1.29 is 4.74 Å². The summed E-state index contributed by atoms with van der Waals surface area (Å²) in [6, 6.07) is 0.637. The summed E-state index contributed by atoms with van der Waals surface area (Å²) in [4.78, 5) is 7.46. The predicted molar refractivity (Wildman–Crippen MR) is 65.3 cm³/mol. The fraction of sp³-hybridized carbons (Fsp3) is 0.750. The van der Waals surface area contributed by atoms with Crippen LogP contribution in [-0.4, -0.2) is 29.7 Å². The van der Waals surface area contributed by atoms with Gasteiger partial charge in [0, 0.05) is 25.5 Å². The Morgan fingerprint density at radius 1 is 1.50 bits per heavy atom. The number of hydrogen-bond acceptors (Lipinski definition) is 3. The molecular weight excluding hydrogens is 202 g/mol. The molecule has 2 unspecified atom stereocenters. The lowest BCUT2D eigenvalue weighted by Gasteiger charge is -2.26. The van der Waals surface area contributed by atoms with E-state index >= 15 is 0 Å². The second-order valence-corrected chi connectivity index (χ2v) is 4.41. The van der Waals surface area contributed by atoms with Gasteiger partial charge in [0.05, 0.1) is 12.6 Å². The molecule has 0 aromatic carbocycles. The number of nitrogens with zero attached hydrogens (tertiary/aromatic N) is 1. The Morgan fingerprint density at radius 3 is 2.69 bits per heavy atom. The molecule has 0 saturated carbocycles. The van der Waals surface area contributed by atoms with Crippen molar-refractivity contribution in [2.75, 3.05) is 13.7 Å². The third-order valence-electron chi connectivity index (χ3n) is 2.82. The van der Waals surface area contributed by atoms with Crippen LogP contribution in [0.5, 0.6) is 0 Å². The number of aromatic amines is 1. The van der Waals surface area contributed by atoms with Crippen LogP contribution in [0.4, 0.5) is 0 Å². The molecule has 0 aliphatic carbocycles. The van der Waals surface area contributed by atoms with Crippen LogP contribution in [0.15, 0.2) is 12.4 Å². The van der Waals surface area contributed by atoms with Crippen LogP contribution in [-0.2, 0) is 4.74 Å². The van der Waals surface area contributed by atoms with Gasteiger partial charge < -0.3 is 15.0 Å².